The minimum absolute atomic E-state index is 0.158. The lowest BCUT2D eigenvalue weighted by molar-refractivity contribution is -0.142. The third-order valence-corrected chi connectivity index (χ3v) is 5.75. The predicted molar refractivity (Wildman–Crippen MR) is 88.3 cm³/mol. The molecule has 4 nitrogen and oxygen atoms in total. The fraction of sp³-hybridized carbons (Fsp3) is 0.444. The first-order chi connectivity index (χ1) is 11.2. The van der Waals surface area contributed by atoms with Crippen LogP contribution in [0.5, 0.6) is 0 Å². The summed E-state index contributed by atoms with van der Waals surface area (Å²) in [6.07, 6.45) is 0.317. The number of hydrogen-bond donors (Lipinski definition) is 0. The van der Waals surface area contributed by atoms with Gasteiger partial charge in [0.05, 0.1) is 12.1 Å². The van der Waals surface area contributed by atoms with Crippen molar-refractivity contribution in [1.29, 1.82) is 10.5 Å². The molecule has 2 aliphatic carbocycles. The molecule has 0 aromatic heterocycles. The Kier molecular flexibility index (Phi) is 3.57. The molecule has 0 radical (unpaired) electrons. The zero-order chi connectivity index (χ0) is 17.9. The standard InChI is InChI=1S/C18H14Cl2N2O2/c1-16(2)6-13(23)18(14(24)7-16)15(17(18,8-21)9-22)11-4-3-10(19)5-12(11)20/h3-5,15H,6-7H2,1-2H3. The highest BCUT2D eigenvalue weighted by molar-refractivity contribution is 6.35. The van der Waals surface area contributed by atoms with Crippen molar-refractivity contribution in [2.45, 2.75) is 32.6 Å². The van der Waals surface area contributed by atoms with Crippen LogP contribution >= 0.6 is 23.2 Å². The van der Waals surface area contributed by atoms with Gasteiger partial charge in [-0.3, -0.25) is 9.59 Å². The molecular formula is C18H14Cl2N2O2. The summed E-state index contributed by atoms with van der Waals surface area (Å²) in [7, 11) is 0. The third kappa shape index (κ3) is 1.91. The van der Waals surface area contributed by atoms with Crippen LogP contribution in [0.4, 0.5) is 0 Å². The molecular weight excluding hydrogens is 347 g/mol. The number of ketones is 2. The Morgan fingerprint density at radius 1 is 1.08 bits per heavy atom. The van der Waals surface area contributed by atoms with E-state index in [9.17, 15) is 20.1 Å². The van der Waals surface area contributed by atoms with E-state index in [4.69, 9.17) is 23.2 Å². The Bertz CT molecular complexity index is 827. The second-order valence-corrected chi connectivity index (χ2v) is 8.15. The van der Waals surface area contributed by atoms with E-state index in [0.29, 0.717) is 10.6 Å². The number of nitrogens with zero attached hydrogens (tertiary/aromatic N) is 2. The highest BCUT2D eigenvalue weighted by Gasteiger charge is 2.87. The monoisotopic (exact) mass is 360 g/mol. The van der Waals surface area contributed by atoms with Gasteiger partial charge in [0.25, 0.3) is 0 Å². The van der Waals surface area contributed by atoms with Crippen molar-refractivity contribution in [1.82, 2.24) is 0 Å². The summed E-state index contributed by atoms with van der Waals surface area (Å²) in [5.74, 6) is -1.54. The van der Waals surface area contributed by atoms with Crippen molar-refractivity contribution in [3.05, 3.63) is 33.8 Å². The minimum atomic E-state index is -1.70. The van der Waals surface area contributed by atoms with Gasteiger partial charge in [0.2, 0.25) is 0 Å². The average molecular weight is 361 g/mol. The Morgan fingerprint density at radius 2 is 1.62 bits per heavy atom. The molecule has 0 heterocycles. The molecule has 1 atom stereocenters. The SMILES string of the molecule is CC1(C)CC(=O)C2(C(=O)C1)C(c1ccc(Cl)cc1Cl)C2(C#N)C#N. The van der Waals surface area contributed by atoms with Gasteiger partial charge in [-0.1, -0.05) is 43.1 Å². The Balaban J connectivity index is 2.21. The van der Waals surface area contributed by atoms with Crippen LogP contribution in [-0.4, -0.2) is 11.6 Å². The van der Waals surface area contributed by atoms with E-state index in [1.165, 1.54) is 6.07 Å². The molecule has 2 aliphatic rings. The fourth-order valence-corrected chi connectivity index (χ4v) is 4.65. The van der Waals surface area contributed by atoms with Crippen LogP contribution in [0.2, 0.25) is 10.0 Å². The molecule has 6 heteroatoms. The van der Waals surface area contributed by atoms with Gasteiger partial charge in [0, 0.05) is 28.8 Å². The Hall–Kier alpha value is -1.88. The normalized spacial score (nSPS) is 25.8. The van der Waals surface area contributed by atoms with Gasteiger partial charge < -0.3 is 0 Å². The summed E-state index contributed by atoms with van der Waals surface area (Å²) in [5.41, 5.74) is -3.32. The Labute approximate surface area is 150 Å². The average Bonchev–Trinajstić information content (AvgIpc) is 3.09. The summed E-state index contributed by atoms with van der Waals surface area (Å²) in [6.45, 7) is 3.67. The lowest BCUT2D eigenvalue weighted by atomic mass is 9.67. The van der Waals surface area contributed by atoms with E-state index >= 15 is 0 Å². The van der Waals surface area contributed by atoms with E-state index in [0.717, 1.165) is 0 Å². The molecule has 0 aliphatic heterocycles. The van der Waals surface area contributed by atoms with Gasteiger partial charge in [-0.05, 0) is 23.1 Å². The molecule has 3 rings (SSSR count). The molecule has 0 bridgehead atoms. The number of Topliss-reactive ketones (excluding diaryl/α,β-unsaturated/α-hetero) is 2. The van der Waals surface area contributed by atoms with E-state index < -0.39 is 22.2 Å². The second-order valence-electron chi connectivity index (χ2n) is 7.30. The van der Waals surface area contributed by atoms with Gasteiger partial charge in [0.15, 0.2) is 5.41 Å². The summed E-state index contributed by atoms with van der Waals surface area (Å²) in [5, 5.41) is 20.0. The van der Waals surface area contributed by atoms with Crippen LogP contribution in [0.1, 0.15) is 38.2 Å². The molecule has 0 saturated heterocycles. The molecule has 1 aromatic carbocycles. The van der Waals surface area contributed by atoms with Crippen molar-refractivity contribution in [2.75, 3.05) is 0 Å². The van der Waals surface area contributed by atoms with Crippen molar-refractivity contribution >= 4 is 34.8 Å². The van der Waals surface area contributed by atoms with Gasteiger partial charge in [0.1, 0.15) is 17.0 Å². The molecule has 2 saturated carbocycles. The maximum Gasteiger partial charge on any atom is 0.172 e. The van der Waals surface area contributed by atoms with E-state index in [1.54, 1.807) is 12.1 Å². The van der Waals surface area contributed by atoms with Crippen LogP contribution < -0.4 is 0 Å². The van der Waals surface area contributed by atoms with Crippen molar-refractivity contribution in [2.24, 2.45) is 16.2 Å². The highest BCUT2D eigenvalue weighted by Crippen LogP contribution is 2.77. The first kappa shape index (κ1) is 17.0. The first-order valence-electron chi connectivity index (χ1n) is 7.50. The van der Waals surface area contributed by atoms with Gasteiger partial charge in [-0.25, -0.2) is 0 Å². The molecule has 1 aromatic rings. The second kappa shape index (κ2) is 5.06. The maximum atomic E-state index is 12.9. The van der Waals surface area contributed by atoms with E-state index in [2.05, 4.69) is 0 Å². The van der Waals surface area contributed by atoms with Gasteiger partial charge in [-0.2, -0.15) is 10.5 Å². The highest BCUT2D eigenvalue weighted by atomic mass is 35.5. The molecule has 1 spiro atoms. The topological polar surface area (TPSA) is 81.7 Å². The number of carbonyl (C=O) groups is 2. The van der Waals surface area contributed by atoms with Crippen LogP contribution in [0.3, 0.4) is 0 Å². The number of rotatable bonds is 1. The summed E-state index contributed by atoms with van der Waals surface area (Å²) in [6, 6.07) is 8.56. The van der Waals surface area contributed by atoms with Crippen molar-refractivity contribution in [3.8, 4) is 12.1 Å². The van der Waals surface area contributed by atoms with Gasteiger partial charge >= 0.3 is 0 Å². The molecule has 122 valence electrons. The number of benzene rings is 1. The summed E-state index contributed by atoms with van der Waals surface area (Å²) in [4.78, 5) is 25.8. The van der Waals surface area contributed by atoms with Crippen LogP contribution in [0, 0.1) is 38.9 Å². The van der Waals surface area contributed by atoms with E-state index in [1.807, 2.05) is 26.0 Å². The van der Waals surface area contributed by atoms with Crippen LogP contribution in [0.25, 0.3) is 0 Å². The number of hydrogen-bond acceptors (Lipinski definition) is 4. The molecule has 24 heavy (non-hydrogen) atoms. The predicted octanol–water partition coefficient (Wildman–Crippen LogP) is 4.07. The minimum Gasteiger partial charge on any atom is -0.298 e. The van der Waals surface area contributed by atoms with Crippen molar-refractivity contribution < 1.29 is 9.59 Å². The zero-order valence-corrected chi connectivity index (χ0v) is 14.7. The lowest BCUT2D eigenvalue weighted by Gasteiger charge is -2.33. The molecule has 1 unspecified atom stereocenters. The fourth-order valence-electron chi connectivity index (χ4n) is 4.14. The first-order valence-corrected chi connectivity index (χ1v) is 8.26. The zero-order valence-electron chi connectivity index (χ0n) is 13.2. The quantitative estimate of drug-likeness (QED) is 0.706. The maximum absolute atomic E-state index is 12.9. The van der Waals surface area contributed by atoms with Crippen LogP contribution in [-0.2, 0) is 9.59 Å². The number of nitriles is 2. The number of carbonyl (C=O) groups excluding carboxylic acids is 2. The Morgan fingerprint density at radius 3 is 2.08 bits per heavy atom. The van der Waals surface area contributed by atoms with Gasteiger partial charge in [-0.15, -0.1) is 0 Å². The third-order valence-electron chi connectivity index (χ3n) is 5.19. The van der Waals surface area contributed by atoms with E-state index in [-0.39, 0.29) is 29.4 Å². The molecule has 2 fully saturated rings. The largest absolute Gasteiger partial charge is 0.298 e. The van der Waals surface area contributed by atoms with Crippen LogP contribution in [0.15, 0.2) is 18.2 Å². The summed E-state index contributed by atoms with van der Waals surface area (Å²) >= 11 is 12.1. The molecule has 0 N–H and O–H groups in total. The number of halogens is 2. The lowest BCUT2D eigenvalue weighted by Crippen LogP contribution is -2.42. The van der Waals surface area contributed by atoms with Crippen molar-refractivity contribution in [3.63, 3.8) is 0 Å². The summed E-state index contributed by atoms with van der Waals surface area (Å²) < 4.78 is 0. The smallest absolute Gasteiger partial charge is 0.172 e. The molecule has 0 amide bonds.